The van der Waals surface area contributed by atoms with Crippen molar-refractivity contribution in [3.05, 3.63) is 24.9 Å². The van der Waals surface area contributed by atoms with Gasteiger partial charge in [0.1, 0.15) is 0 Å². The molecule has 0 saturated heterocycles. The summed E-state index contributed by atoms with van der Waals surface area (Å²) in [5.41, 5.74) is 0. The molecule has 0 fully saturated rings. The van der Waals surface area contributed by atoms with Gasteiger partial charge in [-0.1, -0.05) is 0 Å². The predicted molar refractivity (Wildman–Crippen MR) is 28.9 cm³/mol. The van der Waals surface area contributed by atoms with Crippen LogP contribution in [0.1, 0.15) is 0 Å². The number of hydrogen-bond donors (Lipinski definition) is 0. The number of carbonyl (C=O) groups excluding carboxylic acids is 2. The van der Waals surface area contributed by atoms with Crippen molar-refractivity contribution in [1.82, 2.24) is 0 Å². The molecule has 0 aromatic carbocycles. The van der Waals surface area contributed by atoms with E-state index in [0.717, 1.165) is 12.2 Å². The zero-order valence-electron chi connectivity index (χ0n) is 4.68. The van der Waals surface area contributed by atoms with Gasteiger partial charge in [0.15, 0.2) is 0 Å². The van der Waals surface area contributed by atoms with Crippen LogP contribution >= 0.6 is 0 Å². The molecule has 0 aliphatic carbocycles. The Bertz CT molecular complexity index is 137. The van der Waals surface area contributed by atoms with Gasteiger partial charge in [0.05, 0.1) is 11.8 Å². The molecule has 59 valence electrons. The van der Waals surface area contributed by atoms with Gasteiger partial charge in [-0.3, -0.25) is 0 Å². The average Bonchev–Trinajstić information content (AvgIpc) is 1.87. The summed E-state index contributed by atoms with van der Waals surface area (Å²) in [6.45, 7) is 0. The molecular formula is C5H5LuNO2-2. The van der Waals surface area contributed by atoms with Gasteiger partial charge in [0.25, 0.3) is 0 Å². The van der Waals surface area contributed by atoms with E-state index in [9.17, 15) is 9.59 Å². The molecule has 1 aliphatic rings. The van der Waals surface area contributed by atoms with E-state index in [0.29, 0.717) is 0 Å². The minimum Gasteiger partial charge on any atom is -0.589 e. The second-order valence-electron chi connectivity index (χ2n) is 1.12. The first-order valence-corrected chi connectivity index (χ1v) is 1.77. The number of rotatable bonds is 0. The molecule has 1 heterocycles. The molecule has 0 saturated carbocycles. The minimum absolute atomic E-state index is 0. The zero-order valence-corrected chi connectivity index (χ0v) is 6.33. The van der Waals surface area contributed by atoms with E-state index in [1.807, 2.05) is 0 Å². The predicted octanol–water partition coefficient (Wildman–Crippen LogP) is 0.433. The van der Waals surface area contributed by atoms with E-state index in [4.69, 9.17) is 0 Å². The molecule has 1 radical (unpaired) electrons. The first-order chi connectivity index (χ1) is 3.29. The summed E-state index contributed by atoms with van der Waals surface area (Å²) < 4.78 is 0. The molecule has 0 unspecified atom stereocenters. The molecule has 1 aliphatic heterocycles. The molecule has 0 N–H and O–H groups in total. The number of amides is 2. The SMILES string of the molecule is O=C1C=CC(=O)[N-]1.[CH3-].[Lu]. The van der Waals surface area contributed by atoms with E-state index in [1.54, 1.807) is 0 Å². The van der Waals surface area contributed by atoms with Crippen LogP contribution in [-0.4, -0.2) is 11.8 Å². The summed E-state index contributed by atoms with van der Waals surface area (Å²) >= 11 is 0. The van der Waals surface area contributed by atoms with Gasteiger partial charge in [-0.05, 0) is 12.2 Å². The first-order valence-electron chi connectivity index (χ1n) is 1.77. The third-order valence-electron chi connectivity index (χ3n) is 0.589. The van der Waals surface area contributed by atoms with E-state index >= 15 is 0 Å². The van der Waals surface area contributed by atoms with Crippen molar-refractivity contribution in [1.29, 1.82) is 0 Å². The third kappa shape index (κ3) is 3.65. The number of carbonyl (C=O) groups is 2. The fourth-order valence-corrected chi connectivity index (χ4v) is 0.326. The zero-order chi connectivity index (χ0) is 5.28. The van der Waals surface area contributed by atoms with E-state index in [2.05, 4.69) is 5.32 Å². The average molecular weight is 286 g/mol. The summed E-state index contributed by atoms with van der Waals surface area (Å²) in [5, 5.41) is 3.00. The van der Waals surface area contributed by atoms with Crippen LogP contribution < -0.4 is 0 Å². The summed E-state index contributed by atoms with van der Waals surface area (Å²) in [7, 11) is 0. The van der Waals surface area contributed by atoms with E-state index < -0.39 is 11.8 Å². The number of imide groups is 1. The maximum Gasteiger partial charge on any atom is 0.0803 e. The van der Waals surface area contributed by atoms with Crippen molar-refractivity contribution >= 4 is 11.8 Å². The summed E-state index contributed by atoms with van der Waals surface area (Å²) in [6, 6.07) is 0. The van der Waals surface area contributed by atoms with Gasteiger partial charge in [-0.15, -0.1) is 0 Å². The Kier molecular flexibility index (Phi) is 6.51. The maximum absolute atomic E-state index is 9.98. The fourth-order valence-electron chi connectivity index (χ4n) is 0.326. The second-order valence-corrected chi connectivity index (χ2v) is 1.12. The van der Waals surface area contributed by atoms with E-state index in [1.165, 1.54) is 0 Å². The monoisotopic (exact) mass is 286 g/mol. The molecule has 0 spiro atoms. The van der Waals surface area contributed by atoms with Crippen LogP contribution in [0.25, 0.3) is 5.32 Å². The van der Waals surface area contributed by atoms with Crippen LogP contribution in [0.3, 0.4) is 0 Å². The Morgan fingerprint density at radius 3 is 1.56 bits per heavy atom. The number of hydrogen-bond acceptors (Lipinski definition) is 2. The van der Waals surface area contributed by atoms with Crippen molar-refractivity contribution in [2.75, 3.05) is 0 Å². The van der Waals surface area contributed by atoms with Crippen LogP contribution in [0.5, 0.6) is 0 Å². The van der Waals surface area contributed by atoms with Crippen molar-refractivity contribution < 1.29 is 46.5 Å². The molecule has 9 heavy (non-hydrogen) atoms. The summed E-state index contributed by atoms with van der Waals surface area (Å²) in [6.07, 6.45) is 2.28. The largest absolute Gasteiger partial charge is 0.589 e. The molecule has 1 rings (SSSR count). The van der Waals surface area contributed by atoms with Crippen molar-refractivity contribution in [3.8, 4) is 0 Å². The Labute approximate surface area is 82.7 Å². The maximum atomic E-state index is 9.98. The Morgan fingerprint density at radius 1 is 1.11 bits per heavy atom. The van der Waals surface area contributed by atoms with E-state index in [-0.39, 0.29) is 44.3 Å². The van der Waals surface area contributed by atoms with Gasteiger partial charge in [-0.2, -0.15) is 0 Å². The molecule has 4 heteroatoms. The van der Waals surface area contributed by atoms with Crippen molar-refractivity contribution in [2.45, 2.75) is 0 Å². The summed E-state index contributed by atoms with van der Waals surface area (Å²) in [5.74, 6) is -0.907. The van der Waals surface area contributed by atoms with Crippen LogP contribution in [0, 0.1) is 44.3 Å². The Balaban J connectivity index is 0. The van der Waals surface area contributed by atoms with Gasteiger partial charge in [0.2, 0.25) is 0 Å². The van der Waals surface area contributed by atoms with Crippen LogP contribution in [0.4, 0.5) is 0 Å². The Hall–Kier alpha value is 0.114. The van der Waals surface area contributed by atoms with Crippen molar-refractivity contribution in [2.24, 2.45) is 0 Å². The smallest absolute Gasteiger partial charge is 0.0803 e. The fraction of sp³-hybridized carbons (Fsp3) is 0. The molecule has 0 atom stereocenters. The molecule has 3 nitrogen and oxygen atoms in total. The van der Waals surface area contributed by atoms with Crippen LogP contribution in [0.15, 0.2) is 12.2 Å². The number of nitrogens with zero attached hydrogens (tertiary/aromatic N) is 1. The molecule has 0 aromatic rings. The standard InChI is InChI=1S/C4H3NO2.CH3.Lu/c6-3-1-2-4(7)5-3;;/h1-2H,(H,5,6,7);1H3;/q;-1;/p-1. The quantitative estimate of drug-likeness (QED) is 0.479. The van der Waals surface area contributed by atoms with Gasteiger partial charge in [-0.25, -0.2) is 0 Å². The molecule has 0 aromatic heterocycles. The van der Waals surface area contributed by atoms with Crippen LogP contribution in [-0.2, 0) is 9.59 Å². The normalized spacial score (nSPS) is 13.8. The minimum atomic E-state index is -0.454. The third-order valence-corrected chi connectivity index (χ3v) is 0.589. The summed E-state index contributed by atoms with van der Waals surface area (Å²) in [4.78, 5) is 20.0. The Morgan fingerprint density at radius 2 is 1.44 bits per heavy atom. The van der Waals surface area contributed by atoms with Crippen LogP contribution in [0.2, 0.25) is 0 Å². The van der Waals surface area contributed by atoms with Crippen molar-refractivity contribution in [3.63, 3.8) is 0 Å². The topological polar surface area (TPSA) is 48.2 Å². The molecular weight excluding hydrogens is 281 g/mol. The second kappa shape index (κ2) is 4.94. The molecule has 2 amide bonds. The van der Waals surface area contributed by atoms with Gasteiger partial charge >= 0.3 is 0 Å². The van der Waals surface area contributed by atoms with Gasteiger partial charge in [0, 0.05) is 36.9 Å². The first kappa shape index (κ1) is 11.9. The van der Waals surface area contributed by atoms with Gasteiger partial charge < -0.3 is 22.3 Å². The molecule has 0 bridgehead atoms.